The molecule has 2 heterocycles. The molecule has 1 aliphatic rings. The average molecular weight is 663 g/mol. The number of amides is 1. The predicted molar refractivity (Wildman–Crippen MR) is 187 cm³/mol. The number of benzene rings is 4. The third-order valence-electron chi connectivity index (χ3n) is 9.08. The van der Waals surface area contributed by atoms with E-state index in [2.05, 4.69) is 34.1 Å². The molecule has 2 atom stereocenters. The molecule has 1 aromatic heterocycles. The van der Waals surface area contributed by atoms with Crippen LogP contribution in [0, 0.1) is 0 Å². The minimum Gasteiger partial charge on any atom is -0.465 e. The van der Waals surface area contributed by atoms with Crippen LogP contribution in [-0.4, -0.2) is 44.8 Å². The highest BCUT2D eigenvalue weighted by atomic mass is 19.3. The Labute approximate surface area is 285 Å². The molecule has 0 bridgehead atoms. The lowest BCUT2D eigenvalue weighted by atomic mass is 9.85. The summed E-state index contributed by atoms with van der Waals surface area (Å²) in [5.41, 5.74) is 3.08. The number of anilines is 2. The molecule has 1 fully saturated rings. The van der Waals surface area contributed by atoms with Gasteiger partial charge in [-0.15, -0.1) is 0 Å². The first kappa shape index (κ1) is 33.6. The minimum atomic E-state index is -3.02. The maximum absolute atomic E-state index is 14.1. The number of halogens is 2. The number of rotatable bonds is 12. The van der Waals surface area contributed by atoms with Gasteiger partial charge in [0.2, 0.25) is 0 Å². The van der Waals surface area contributed by atoms with Crippen LogP contribution in [0.2, 0.25) is 0 Å². The van der Waals surface area contributed by atoms with Crippen molar-refractivity contribution in [3.05, 3.63) is 161 Å². The van der Waals surface area contributed by atoms with E-state index < -0.39 is 30.6 Å². The van der Waals surface area contributed by atoms with Gasteiger partial charge in [-0.3, -0.25) is 4.90 Å². The third-order valence-corrected chi connectivity index (χ3v) is 9.08. The fourth-order valence-corrected chi connectivity index (χ4v) is 6.48. The van der Waals surface area contributed by atoms with E-state index in [-0.39, 0.29) is 13.0 Å². The number of aromatic nitrogens is 1. The Morgan fingerprint density at radius 3 is 1.55 bits per heavy atom. The number of aliphatic hydroxyl groups is 1. The Kier molecular flexibility index (Phi) is 10.5. The second kappa shape index (κ2) is 15.3. The molecule has 4 aromatic carbocycles. The van der Waals surface area contributed by atoms with E-state index in [1.165, 1.54) is 0 Å². The molecule has 5 aromatic rings. The largest absolute Gasteiger partial charge is 0.465 e. The van der Waals surface area contributed by atoms with Crippen LogP contribution in [0.1, 0.15) is 46.8 Å². The molecule has 252 valence electrons. The highest BCUT2D eigenvalue weighted by molar-refractivity contribution is 5.69. The van der Waals surface area contributed by atoms with Gasteiger partial charge in [0.25, 0.3) is 6.43 Å². The number of nitrogens with zero attached hydrogens (tertiary/aromatic N) is 4. The van der Waals surface area contributed by atoms with Gasteiger partial charge in [0.05, 0.1) is 17.4 Å². The molecule has 49 heavy (non-hydrogen) atoms. The van der Waals surface area contributed by atoms with Crippen molar-refractivity contribution in [1.82, 2.24) is 9.88 Å². The molecule has 0 unspecified atom stereocenters. The molecule has 0 radical (unpaired) electrons. The van der Waals surface area contributed by atoms with E-state index in [4.69, 9.17) is 4.98 Å². The fraction of sp³-hybridized carbons (Fsp3) is 0.250. The summed E-state index contributed by atoms with van der Waals surface area (Å²) in [6.45, 7) is 1.86. The van der Waals surface area contributed by atoms with Crippen molar-refractivity contribution in [2.24, 2.45) is 0 Å². The van der Waals surface area contributed by atoms with Crippen molar-refractivity contribution < 1.29 is 23.8 Å². The van der Waals surface area contributed by atoms with Crippen LogP contribution in [0.25, 0.3) is 0 Å². The quantitative estimate of drug-likeness (QED) is 0.140. The smallest absolute Gasteiger partial charge is 0.407 e. The second-order valence-electron chi connectivity index (χ2n) is 12.6. The standard InChI is InChI=1S/C40H40F2N4O3/c41-38(42)40(49)23-24-46(39(47)48)36(25-40)34-21-22-35(44(26-30-13-5-1-6-14-30)27-31-15-7-2-8-16-31)37(43-34)45(28-32-17-9-3-10-18-32)29-33-19-11-4-12-20-33/h1-22,36,38,49H,23-29H2,(H,47,48)/t36-,40+/m0/s1. The Hall–Kier alpha value is -5.28. The van der Waals surface area contributed by atoms with Gasteiger partial charge in [0.15, 0.2) is 5.82 Å². The topological polar surface area (TPSA) is 80.1 Å². The monoisotopic (exact) mass is 662 g/mol. The summed E-state index contributed by atoms with van der Waals surface area (Å²) in [7, 11) is 0. The van der Waals surface area contributed by atoms with E-state index >= 15 is 0 Å². The van der Waals surface area contributed by atoms with Gasteiger partial charge in [-0.2, -0.15) is 0 Å². The molecule has 1 saturated heterocycles. The van der Waals surface area contributed by atoms with Gasteiger partial charge in [0, 0.05) is 39.1 Å². The lowest BCUT2D eigenvalue weighted by molar-refractivity contribution is -0.136. The molecule has 1 aliphatic heterocycles. The Balaban J connectivity index is 1.52. The summed E-state index contributed by atoms with van der Waals surface area (Å²) in [5, 5.41) is 21.0. The van der Waals surface area contributed by atoms with Crippen LogP contribution in [0.3, 0.4) is 0 Å². The Morgan fingerprint density at radius 2 is 1.14 bits per heavy atom. The molecule has 6 rings (SSSR count). The normalized spacial score (nSPS) is 17.6. The number of hydrogen-bond donors (Lipinski definition) is 2. The zero-order chi connectivity index (χ0) is 34.2. The molecule has 0 saturated carbocycles. The van der Waals surface area contributed by atoms with E-state index in [9.17, 15) is 23.8 Å². The molecule has 2 N–H and O–H groups in total. The number of carboxylic acid groups (broad SMARTS) is 1. The fourth-order valence-electron chi connectivity index (χ4n) is 6.48. The first-order chi connectivity index (χ1) is 23.8. The molecular weight excluding hydrogens is 622 g/mol. The van der Waals surface area contributed by atoms with Gasteiger partial charge in [0.1, 0.15) is 5.60 Å². The van der Waals surface area contributed by atoms with Crippen LogP contribution in [0.15, 0.2) is 133 Å². The molecule has 7 nitrogen and oxygen atoms in total. The summed E-state index contributed by atoms with van der Waals surface area (Å²) in [5.74, 6) is 0.591. The van der Waals surface area contributed by atoms with Gasteiger partial charge in [-0.05, 0) is 40.8 Å². The van der Waals surface area contributed by atoms with Crippen LogP contribution < -0.4 is 9.80 Å². The lowest BCUT2D eigenvalue weighted by Crippen LogP contribution is -2.51. The van der Waals surface area contributed by atoms with Crippen LogP contribution in [0.4, 0.5) is 25.1 Å². The third kappa shape index (κ3) is 8.24. The van der Waals surface area contributed by atoms with Crippen molar-refractivity contribution >= 4 is 17.6 Å². The number of carbonyl (C=O) groups is 1. The van der Waals surface area contributed by atoms with E-state index in [0.717, 1.165) is 32.8 Å². The molecule has 1 amide bonds. The van der Waals surface area contributed by atoms with Gasteiger partial charge >= 0.3 is 6.09 Å². The highest BCUT2D eigenvalue weighted by Crippen LogP contribution is 2.41. The SMILES string of the molecule is O=C(O)N1CC[C@](O)(C(F)F)C[C@H]1c1ccc(N(Cc2ccccc2)Cc2ccccc2)c(N(Cc2ccccc2)Cc2ccccc2)n1. The summed E-state index contributed by atoms with van der Waals surface area (Å²) >= 11 is 0. The second-order valence-corrected chi connectivity index (χ2v) is 12.6. The zero-order valence-corrected chi connectivity index (χ0v) is 27.2. The van der Waals surface area contributed by atoms with Gasteiger partial charge in [-0.25, -0.2) is 18.6 Å². The Morgan fingerprint density at radius 1 is 0.714 bits per heavy atom. The van der Waals surface area contributed by atoms with E-state index in [1.54, 1.807) is 6.07 Å². The van der Waals surface area contributed by atoms with Gasteiger partial charge < -0.3 is 20.0 Å². The first-order valence-corrected chi connectivity index (χ1v) is 16.5. The molecule has 9 heteroatoms. The van der Waals surface area contributed by atoms with Crippen molar-refractivity contribution in [1.29, 1.82) is 0 Å². The average Bonchev–Trinajstić information content (AvgIpc) is 3.12. The maximum Gasteiger partial charge on any atom is 0.407 e. The molecular formula is C40H40F2N4O3. The highest BCUT2D eigenvalue weighted by Gasteiger charge is 2.47. The summed E-state index contributed by atoms with van der Waals surface area (Å²) in [6.07, 6.45) is -5.08. The summed E-state index contributed by atoms with van der Waals surface area (Å²) in [6, 6.07) is 42.9. The van der Waals surface area contributed by atoms with Crippen molar-refractivity contribution in [2.75, 3.05) is 16.3 Å². The number of hydrogen-bond acceptors (Lipinski definition) is 5. The van der Waals surface area contributed by atoms with Crippen molar-refractivity contribution in [2.45, 2.75) is 57.1 Å². The lowest BCUT2D eigenvalue weighted by Gasteiger charge is -2.42. The van der Waals surface area contributed by atoms with Crippen LogP contribution in [-0.2, 0) is 26.2 Å². The van der Waals surface area contributed by atoms with E-state index in [0.29, 0.717) is 37.7 Å². The van der Waals surface area contributed by atoms with Crippen molar-refractivity contribution in [3.8, 4) is 0 Å². The number of likely N-dealkylation sites (tertiary alicyclic amines) is 1. The molecule has 0 aliphatic carbocycles. The predicted octanol–water partition coefficient (Wildman–Crippen LogP) is 8.31. The van der Waals surface area contributed by atoms with Gasteiger partial charge in [-0.1, -0.05) is 121 Å². The summed E-state index contributed by atoms with van der Waals surface area (Å²) < 4.78 is 28.3. The number of alkyl halides is 2. The van der Waals surface area contributed by atoms with Crippen LogP contribution >= 0.6 is 0 Å². The van der Waals surface area contributed by atoms with Crippen LogP contribution in [0.5, 0.6) is 0 Å². The van der Waals surface area contributed by atoms with E-state index in [1.807, 2.05) is 103 Å². The minimum absolute atomic E-state index is 0.231. The number of pyridine rings is 1. The Bertz CT molecular complexity index is 1720. The zero-order valence-electron chi connectivity index (χ0n) is 27.2. The first-order valence-electron chi connectivity index (χ1n) is 16.5. The number of piperidine rings is 1. The maximum atomic E-state index is 14.1. The van der Waals surface area contributed by atoms with Crippen molar-refractivity contribution in [3.63, 3.8) is 0 Å². The summed E-state index contributed by atoms with van der Waals surface area (Å²) in [4.78, 5) is 23.1. The molecule has 0 spiro atoms.